The zero-order chi connectivity index (χ0) is 17.8. The molecule has 1 rings (SSSR count). The number of carbonyl (C=O) groups is 2. The Labute approximate surface area is 133 Å². The van der Waals surface area contributed by atoms with Gasteiger partial charge >= 0.3 is 12.5 Å². The molecule has 0 fully saturated rings. The van der Waals surface area contributed by atoms with Gasteiger partial charge in [-0.25, -0.2) is 4.68 Å². The van der Waals surface area contributed by atoms with Gasteiger partial charge in [0, 0.05) is 17.8 Å². The molecule has 0 unspecified atom stereocenters. The molecule has 0 radical (unpaired) electrons. The van der Waals surface area contributed by atoms with E-state index in [-0.39, 0.29) is 18.7 Å². The molecule has 0 saturated carbocycles. The van der Waals surface area contributed by atoms with Crippen molar-refractivity contribution in [2.75, 3.05) is 6.54 Å². The fraction of sp³-hybridized carbons (Fsp3) is 0.667. The second kappa shape index (κ2) is 7.52. The van der Waals surface area contributed by atoms with E-state index in [1.165, 1.54) is 6.92 Å². The monoisotopic (exact) mass is 331 g/mol. The first-order valence-corrected chi connectivity index (χ1v) is 7.51. The van der Waals surface area contributed by atoms with Gasteiger partial charge in [0.25, 0.3) is 0 Å². The molecule has 0 spiro atoms. The van der Waals surface area contributed by atoms with Gasteiger partial charge in [0.15, 0.2) is 0 Å². The molecule has 1 aromatic rings. The Balaban J connectivity index is 2.80. The molecule has 0 bridgehead atoms. The highest BCUT2D eigenvalue weighted by atomic mass is 19.3. The maximum atomic E-state index is 12.8. The van der Waals surface area contributed by atoms with Crippen molar-refractivity contribution in [2.24, 2.45) is 5.41 Å². The minimum absolute atomic E-state index is 0.00917. The zero-order valence-corrected chi connectivity index (χ0v) is 13.8. The highest BCUT2D eigenvalue weighted by Crippen LogP contribution is 2.26. The van der Waals surface area contributed by atoms with Crippen molar-refractivity contribution in [3.63, 3.8) is 0 Å². The number of carboxylic acid groups (broad SMARTS) is 1. The van der Waals surface area contributed by atoms with E-state index in [1.807, 2.05) is 0 Å². The summed E-state index contributed by atoms with van der Waals surface area (Å²) in [6, 6.07) is 0. The van der Waals surface area contributed by atoms with Crippen LogP contribution in [0.3, 0.4) is 0 Å². The van der Waals surface area contributed by atoms with Crippen LogP contribution >= 0.6 is 0 Å². The predicted octanol–water partition coefficient (Wildman–Crippen LogP) is 2.44. The van der Waals surface area contributed by atoms with Gasteiger partial charge in [-0.2, -0.15) is 13.9 Å². The van der Waals surface area contributed by atoms with Crippen LogP contribution in [0.1, 0.15) is 50.2 Å². The second-order valence-electron chi connectivity index (χ2n) is 5.62. The molecule has 0 atom stereocenters. The predicted molar refractivity (Wildman–Crippen MR) is 80.3 cm³/mol. The van der Waals surface area contributed by atoms with Crippen LogP contribution in [-0.4, -0.2) is 33.3 Å². The zero-order valence-electron chi connectivity index (χ0n) is 13.8. The normalized spacial score (nSPS) is 11.8. The van der Waals surface area contributed by atoms with E-state index in [2.05, 4.69) is 10.4 Å². The molecule has 0 aliphatic heterocycles. The van der Waals surface area contributed by atoms with Crippen LogP contribution in [0.5, 0.6) is 0 Å². The lowest BCUT2D eigenvalue weighted by Gasteiger charge is -2.26. The largest absolute Gasteiger partial charge is 0.481 e. The number of carboxylic acids is 1. The minimum atomic E-state index is -2.76. The number of aryl methyl sites for hydroxylation is 1. The molecule has 1 heterocycles. The molecule has 8 heteroatoms. The summed E-state index contributed by atoms with van der Waals surface area (Å²) in [5.74, 6) is -1.36. The summed E-state index contributed by atoms with van der Waals surface area (Å²) < 4.78 is 26.1. The van der Waals surface area contributed by atoms with Gasteiger partial charge in [0.05, 0.1) is 17.5 Å². The Morgan fingerprint density at radius 2 is 1.87 bits per heavy atom. The van der Waals surface area contributed by atoms with E-state index in [4.69, 9.17) is 0 Å². The Hall–Kier alpha value is -1.99. The van der Waals surface area contributed by atoms with Crippen molar-refractivity contribution in [3.05, 3.63) is 17.0 Å². The van der Waals surface area contributed by atoms with Gasteiger partial charge in [-0.05, 0) is 26.7 Å². The first kappa shape index (κ1) is 19.1. The third-order valence-corrected chi connectivity index (χ3v) is 4.43. The van der Waals surface area contributed by atoms with Crippen molar-refractivity contribution in [2.45, 2.75) is 53.5 Å². The summed E-state index contributed by atoms with van der Waals surface area (Å²) in [5.41, 5.74) is 0.0423. The van der Waals surface area contributed by atoms with Crippen LogP contribution in [-0.2, 0) is 16.0 Å². The quantitative estimate of drug-likeness (QED) is 0.766. The maximum Gasteiger partial charge on any atom is 0.333 e. The van der Waals surface area contributed by atoms with Gasteiger partial charge < -0.3 is 10.4 Å². The molecule has 2 N–H and O–H groups in total. The lowest BCUT2D eigenvalue weighted by molar-refractivity contribution is -0.149. The van der Waals surface area contributed by atoms with Gasteiger partial charge in [-0.3, -0.25) is 9.59 Å². The number of amides is 1. The van der Waals surface area contributed by atoms with Crippen LogP contribution in [0, 0.1) is 19.3 Å². The lowest BCUT2D eigenvalue weighted by Crippen LogP contribution is -2.42. The maximum absolute atomic E-state index is 12.8. The standard InChI is InChI=1S/C15H23F2N3O3/c1-5-15(6-2,13(22)23)8-18-12(21)7-11-9(3)19-20(10(11)4)14(16)17/h14H,5-8H2,1-4H3,(H,18,21)(H,22,23). The Morgan fingerprint density at radius 1 is 1.30 bits per heavy atom. The SMILES string of the molecule is CCC(CC)(CNC(=O)Cc1c(C)nn(C(F)F)c1C)C(=O)O. The van der Waals surface area contributed by atoms with Crippen LogP contribution in [0.4, 0.5) is 8.78 Å². The van der Waals surface area contributed by atoms with Crippen LogP contribution < -0.4 is 5.32 Å². The topological polar surface area (TPSA) is 84.2 Å². The highest BCUT2D eigenvalue weighted by Gasteiger charge is 2.35. The third kappa shape index (κ3) is 4.05. The molecule has 0 aromatic carbocycles. The number of nitrogens with one attached hydrogen (secondary N) is 1. The van der Waals surface area contributed by atoms with Crippen LogP contribution in [0.25, 0.3) is 0 Å². The Morgan fingerprint density at radius 3 is 2.26 bits per heavy atom. The number of hydrogen-bond donors (Lipinski definition) is 2. The van der Waals surface area contributed by atoms with E-state index in [0.717, 1.165) is 0 Å². The molecule has 0 saturated heterocycles. The fourth-order valence-corrected chi connectivity index (χ4v) is 2.51. The molecule has 1 aromatic heterocycles. The number of rotatable bonds is 8. The average Bonchev–Trinajstić information content (AvgIpc) is 2.76. The summed E-state index contributed by atoms with van der Waals surface area (Å²) >= 11 is 0. The number of aromatic nitrogens is 2. The smallest absolute Gasteiger partial charge is 0.333 e. The molecule has 1 amide bonds. The Kier molecular flexibility index (Phi) is 6.23. The summed E-state index contributed by atoms with van der Waals surface area (Å²) in [6.45, 7) is 3.80. The first-order valence-electron chi connectivity index (χ1n) is 7.51. The Bertz CT molecular complexity index is 581. The van der Waals surface area contributed by atoms with E-state index in [1.54, 1.807) is 20.8 Å². The van der Waals surface area contributed by atoms with Gasteiger partial charge in [0.1, 0.15) is 0 Å². The number of hydrogen-bond acceptors (Lipinski definition) is 3. The number of alkyl halides is 2. The van der Waals surface area contributed by atoms with Crippen LogP contribution in [0.15, 0.2) is 0 Å². The summed E-state index contributed by atoms with van der Waals surface area (Å²) in [6.07, 6.45) is 0.675. The van der Waals surface area contributed by atoms with E-state index >= 15 is 0 Å². The average molecular weight is 331 g/mol. The first-order chi connectivity index (χ1) is 10.7. The summed E-state index contributed by atoms with van der Waals surface area (Å²) in [5, 5.41) is 15.7. The molecule has 23 heavy (non-hydrogen) atoms. The van der Waals surface area contributed by atoms with Crippen LogP contribution in [0.2, 0.25) is 0 Å². The fourth-order valence-electron chi connectivity index (χ4n) is 2.51. The van der Waals surface area contributed by atoms with E-state index in [0.29, 0.717) is 28.8 Å². The number of nitrogens with zero attached hydrogens (tertiary/aromatic N) is 2. The molecule has 0 aliphatic rings. The summed E-state index contributed by atoms with van der Waals surface area (Å²) in [7, 11) is 0. The van der Waals surface area contributed by atoms with Crippen molar-refractivity contribution >= 4 is 11.9 Å². The number of aliphatic carboxylic acids is 1. The van der Waals surface area contributed by atoms with Crippen molar-refractivity contribution in [1.82, 2.24) is 15.1 Å². The van der Waals surface area contributed by atoms with Crippen molar-refractivity contribution in [3.8, 4) is 0 Å². The molecule has 130 valence electrons. The minimum Gasteiger partial charge on any atom is -0.481 e. The number of carbonyl (C=O) groups excluding carboxylic acids is 1. The molecule has 6 nitrogen and oxygen atoms in total. The molecule has 0 aliphatic carbocycles. The second-order valence-corrected chi connectivity index (χ2v) is 5.62. The van der Waals surface area contributed by atoms with Gasteiger partial charge in [0.2, 0.25) is 5.91 Å². The highest BCUT2D eigenvalue weighted by molar-refractivity contribution is 5.81. The van der Waals surface area contributed by atoms with Gasteiger partial charge in [-0.15, -0.1) is 0 Å². The van der Waals surface area contributed by atoms with E-state index in [9.17, 15) is 23.5 Å². The third-order valence-electron chi connectivity index (χ3n) is 4.43. The van der Waals surface area contributed by atoms with E-state index < -0.39 is 23.8 Å². The number of halogens is 2. The molecular weight excluding hydrogens is 308 g/mol. The van der Waals surface area contributed by atoms with Gasteiger partial charge in [-0.1, -0.05) is 13.8 Å². The molecular formula is C15H23F2N3O3. The van der Waals surface area contributed by atoms with Crippen molar-refractivity contribution in [1.29, 1.82) is 0 Å². The lowest BCUT2D eigenvalue weighted by atomic mass is 9.82. The van der Waals surface area contributed by atoms with Crippen molar-refractivity contribution < 1.29 is 23.5 Å². The summed E-state index contributed by atoms with van der Waals surface area (Å²) in [4.78, 5) is 23.5.